The van der Waals surface area contributed by atoms with Crippen molar-refractivity contribution in [3.63, 3.8) is 0 Å². The molecular formula is C2H12NiP2. The first kappa shape index (κ1) is 99.4. The van der Waals surface area contributed by atoms with Gasteiger partial charge in [-0.3, -0.25) is 0 Å². The number of hydrogen-bond donors (Lipinski definition) is 0. The van der Waals surface area contributed by atoms with Crippen LogP contribution in [0, 0.1) is 14.9 Å². The first-order chi connectivity index (χ1) is 0. The molecule has 0 saturated carbocycles. The summed E-state index contributed by atoms with van der Waals surface area (Å²) in [7, 11) is 0. The Morgan fingerprint density at radius 3 is 0.600 bits per heavy atom. The summed E-state index contributed by atoms with van der Waals surface area (Å²) in [6.45, 7) is 0. The minimum absolute atomic E-state index is 0. The van der Waals surface area contributed by atoms with Gasteiger partial charge in [-0.2, -0.15) is 19.8 Å². The van der Waals surface area contributed by atoms with Crippen molar-refractivity contribution in [3.05, 3.63) is 14.9 Å². The van der Waals surface area contributed by atoms with Gasteiger partial charge in [0.05, 0.1) is 0 Å². The molecule has 2 unspecified atom stereocenters. The Morgan fingerprint density at radius 2 is 0.600 bits per heavy atom. The Kier molecular flexibility index (Phi) is 1100. The van der Waals surface area contributed by atoms with Crippen molar-refractivity contribution in [1.82, 2.24) is 0 Å². The molecule has 0 heterocycles. The maximum Gasteiger partial charge on any atom is 2.00 e. The van der Waals surface area contributed by atoms with E-state index in [2.05, 4.69) is 0 Å². The molecule has 0 aliphatic rings. The normalized spacial score (nSPS) is 0. The maximum atomic E-state index is 0. The van der Waals surface area contributed by atoms with Gasteiger partial charge in [0.1, 0.15) is 0 Å². The first-order valence-electron chi connectivity index (χ1n) is 0. The van der Waals surface area contributed by atoms with Crippen LogP contribution in [0.15, 0.2) is 0 Å². The Bertz CT molecular complexity index is 7.61. The summed E-state index contributed by atoms with van der Waals surface area (Å²) in [5, 5.41) is 0. The van der Waals surface area contributed by atoms with Crippen molar-refractivity contribution in [2.75, 3.05) is 0 Å². The zero-order valence-electron chi connectivity index (χ0n) is 3.73. The molecule has 0 aromatic rings. The van der Waals surface area contributed by atoms with Crippen LogP contribution in [-0.4, -0.2) is 0 Å². The summed E-state index contributed by atoms with van der Waals surface area (Å²) in [5.74, 6) is 0. The van der Waals surface area contributed by atoms with Gasteiger partial charge in [0.2, 0.25) is 0 Å². The fourth-order valence-electron chi connectivity index (χ4n) is 0. The van der Waals surface area contributed by atoms with Gasteiger partial charge < -0.3 is 14.9 Å². The minimum Gasteiger partial charge on any atom is -0.358 e. The molecule has 0 aliphatic carbocycles. The summed E-state index contributed by atoms with van der Waals surface area (Å²) in [4.78, 5) is 0. The molecule has 0 spiro atoms. The molecule has 5 heavy (non-hydrogen) atoms. The maximum absolute atomic E-state index is 0. The molecule has 0 nitrogen and oxygen atoms in total. The van der Waals surface area contributed by atoms with Crippen molar-refractivity contribution in [2.24, 2.45) is 0 Å². The average molecular weight is 157 g/mol. The van der Waals surface area contributed by atoms with Gasteiger partial charge >= 0.3 is 16.5 Å². The van der Waals surface area contributed by atoms with Gasteiger partial charge in [-0.1, -0.05) is 0 Å². The van der Waals surface area contributed by atoms with Gasteiger partial charge in [-0.05, 0) is 0 Å². The van der Waals surface area contributed by atoms with Gasteiger partial charge in [-0.15, -0.1) is 0 Å². The van der Waals surface area contributed by atoms with Crippen LogP contribution in [0.1, 0.15) is 0 Å². The average Bonchev–Trinajstić information content (AvgIpc) is 0. The molecule has 0 aliphatic heterocycles. The molecule has 0 aromatic heterocycles. The molecule has 0 radical (unpaired) electrons. The third-order valence-corrected chi connectivity index (χ3v) is 0. The molecule has 0 rings (SSSR count). The summed E-state index contributed by atoms with van der Waals surface area (Å²) < 4.78 is 0. The predicted molar refractivity (Wildman–Crippen MR) is 35.0 cm³/mol. The van der Waals surface area contributed by atoms with Crippen LogP contribution in [0.3, 0.4) is 0 Å². The topological polar surface area (TPSA) is 0 Å². The summed E-state index contributed by atoms with van der Waals surface area (Å²) in [6.07, 6.45) is 0. The van der Waals surface area contributed by atoms with Crippen molar-refractivity contribution in [2.45, 2.75) is 0 Å². The molecule has 0 aromatic carbocycles. The van der Waals surface area contributed by atoms with Gasteiger partial charge in [0.15, 0.2) is 0 Å². The van der Waals surface area contributed by atoms with E-state index in [0.717, 1.165) is 0 Å². The minimum atomic E-state index is 0. The monoisotopic (exact) mass is 156 g/mol. The standard InChI is InChI=1S/2CH3.Ni.2H3P/h2*1H3;;2*1H3/q2*-1;+2;;. The quantitative estimate of drug-likeness (QED) is 0.279. The molecule has 0 fully saturated rings. The molecule has 2 atom stereocenters. The van der Waals surface area contributed by atoms with Crippen LogP contribution in [0.2, 0.25) is 0 Å². The van der Waals surface area contributed by atoms with E-state index < -0.39 is 0 Å². The van der Waals surface area contributed by atoms with E-state index in [4.69, 9.17) is 0 Å². The molecule has 3 heteroatoms. The van der Waals surface area contributed by atoms with Gasteiger partial charge in [0, 0.05) is 0 Å². The number of rotatable bonds is 0. The Hall–Kier alpha value is 1.35. The summed E-state index contributed by atoms with van der Waals surface area (Å²) >= 11 is 0. The SMILES string of the molecule is P.P.[CH3-].[CH3-].[Ni+2]. The number of hydrogen-bond acceptors (Lipinski definition) is 0. The zero-order chi connectivity index (χ0) is 0. The zero-order valence-corrected chi connectivity index (χ0v) is 7.55. The second kappa shape index (κ2) is 55.4. The van der Waals surface area contributed by atoms with E-state index in [1.54, 1.807) is 0 Å². The van der Waals surface area contributed by atoms with Gasteiger partial charge in [0.25, 0.3) is 0 Å². The van der Waals surface area contributed by atoms with E-state index in [1.165, 1.54) is 0 Å². The molecule has 0 saturated heterocycles. The van der Waals surface area contributed by atoms with Gasteiger partial charge in [-0.25, -0.2) is 0 Å². The summed E-state index contributed by atoms with van der Waals surface area (Å²) in [5.41, 5.74) is 0. The van der Waals surface area contributed by atoms with Crippen LogP contribution in [-0.2, 0) is 16.5 Å². The fourth-order valence-corrected chi connectivity index (χ4v) is 0. The van der Waals surface area contributed by atoms with E-state index in [0.29, 0.717) is 0 Å². The first-order valence-corrected chi connectivity index (χ1v) is 0. The predicted octanol–water partition coefficient (Wildman–Crippen LogP) is 1.01. The largest absolute Gasteiger partial charge is 2.00 e. The molecule has 0 bridgehead atoms. The van der Waals surface area contributed by atoms with E-state index in [9.17, 15) is 0 Å². The third kappa shape index (κ3) is 32.9. The van der Waals surface area contributed by atoms with E-state index in [1.807, 2.05) is 0 Å². The second-order valence-corrected chi connectivity index (χ2v) is 0. The van der Waals surface area contributed by atoms with Crippen LogP contribution in [0.25, 0.3) is 0 Å². The third-order valence-electron chi connectivity index (χ3n) is 0. The molecule has 0 amide bonds. The van der Waals surface area contributed by atoms with Crippen LogP contribution in [0.5, 0.6) is 0 Å². The molecular weight excluding hydrogens is 145 g/mol. The molecule has 40 valence electrons. The van der Waals surface area contributed by atoms with Crippen molar-refractivity contribution in [1.29, 1.82) is 0 Å². The smallest absolute Gasteiger partial charge is 0.358 e. The van der Waals surface area contributed by atoms with Crippen molar-refractivity contribution in [3.8, 4) is 0 Å². The van der Waals surface area contributed by atoms with Crippen molar-refractivity contribution < 1.29 is 16.5 Å². The Balaban J connectivity index is 0. The van der Waals surface area contributed by atoms with Crippen LogP contribution in [0.4, 0.5) is 0 Å². The van der Waals surface area contributed by atoms with Crippen molar-refractivity contribution >= 4 is 19.8 Å². The Labute approximate surface area is 51.7 Å². The second-order valence-electron chi connectivity index (χ2n) is 0. The van der Waals surface area contributed by atoms with Crippen LogP contribution >= 0.6 is 19.8 Å². The van der Waals surface area contributed by atoms with Crippen LogP contribution < -0.4 is 0 Å². The fraction of sp³-hybridized carbons (Fsp3) is 0. The Morgan fingerprint density at radius 1 is 0.600 bits per heavy atom. The molecule has 0 N–H and O–H groups in total. The van der Waals surface area contributed by atoms with E-state index >= 15 is 0 Å². The summed E-state index contributed by atoms with van der Waals surface area (Å²) in [6, 6.07) is 0. The van der Waals surface area contributed by atoms with E-state index in [-0.39, 0.29) is 51.1 Å².